The Hall–Kier alpha value is -2.54. The predicted octanol–water partition coefficient (Wildman–Crippen LogP) is 3.73. The van der Waals surface area contributed by atoms with Crippen LogP contribution in [-0.2, 0) is 0 Å². The zero-order valence-corrected chi connectivity index (χ0v) is 16.1. The zero-order valence-electron chi connectivity index (χ0n) is 15.4. The lowest BCUT2D eigenvalue weighted by molar-refractivity contribution is 0.0948. The molecule has 7 nitrogen and oxygen atoms in total. The van der Waals surface area contributed by atoms with Crippen LogP contribution in [0.2, 0.25) is 5.02 Å². The van der Waals surface area contributed by atoms with E-state index in [0.717, 1.165) is 12.8 Å². The Balaban J connectivity index is 2.28. The SMILES string of the molecule is CCCCNC(=O)c1cc(Nc2cc(OC)c(Cl)cc2OC)nc(C)n1. The van der Waals surface area contributed by atoms with Crippen molar-refractivity contribution in [2.24, 2.45) is 0 Å². The van der Waals surface area contributed by atoms with Gasteiger partial charge < -0.3 is 20.1 Å². The van der Waals surface area contributed by atoms with Crippen molar-refractivity contribution in [2.75, 3.05) is 26.1 Å². The standard InChI is InChI=1S/C18H23ClN4O3/c1-5-6-7-20-18(24)14-10-17(22-11(2)21-14)23-13-9-15(25-3)12(19)8-16(13)26-4/h8-10H,5-7H2,1-4H3,(H,20,24)(H,21,22,23). The highest BCUT2D eigenvalue weighted by Crippen LogP contribution is 2.37. The number of hydrogen-bond acceptors (Lipinski definition) is 6. The number of anilines is 2. The average Bonchev–Trinajstić information content (AvgIpc) is 2.62. The van der Waals surface area contributed by atoms with Crippen LogP contribution in [0.25, 0.3) is 0 Å². The molecule has 0 saturated carbocycles. The van der Waals surface area contributed by atoms with Gasteiger partial charge in [-0.15, -0.1) is 0 Å². The number of rotatable bonds is 8. The average molecular weight is 379 g/mol. The molecular weight excluding hydrogens is 356 g/mol. The molecular formula is C18H23ClN4O3. The van der Waals surface area contributed by atoms with E-state index >= 15 is 0 Å². The fourth-order valence-electron chi connectivity index (χ4n) is 2.31. The molecule has 0 unspecified atom stereocenters. The van der Waals surface area contributed by atoms with Crippen LogP contribution in [-0.4, -0.2) is 36.6 Å². The molecule has 1 heterocycles. The molecule has 2 aromatic rings. The summed E-state index contributed by atoms with van der Waals surface area (Å²) in [5, 5.41) is 6.42. The van der Waals surface area contributed by atoms with E-state index in [4.69, 9.17) is 21.1 Å². The van der Waals surface area contributed by atoms with E-state index in [1.165, 1.54) is 7.11 Å². The van der Waals surface area contributed by atoms with Gasteiger partial charge in [-0.25, -0.2) is 9.97 Å². The van der Waals surface area contributed by atoms with Gasteiger partial charge >= 0.3 is 0 Å². The Labute approximate surface area is 158 Å². The highest BCUT2D eigenvalue weighted by atomic mass is 35.5. The van der Waals surface area contributed by atoms with Gasteiger partial charge in [0.1, 0.15) is 28.8 Å². The predicted molar refractivity (Wildman–Crippen MR) is 102 cm³/mol. The highest BCUT2D eigenvalue weighted by molar-refractivity contribution is 6.32. The number of halogens is 1. The maximum atomic E-state index is 12.3. The minimum Gasteiger partial charge on any atom is -0.495 e. The maximum Gasteiger partial charge on any atom is 0.270 e. The first-order valence-electron chi connectivity index (χ1n) is 8.30. The number of aromatic nitrogens is 2. The number of carbonyl (C=O) groups excluding carboxylic acids is 1. The lowest BCUT2D eigenvalue weighted by Gasteiger charge is -2.14. The summed E-state index contributed by atoms with van der Waals surface area (Å²) in [4.78, 5) is 20.8. The second kappa shape index (κ2) is 9.24. The molecule has 2 rings (SSSR count). The van der Waals surface area contributed by atoms with Crippen LogP contribution in [0.5, 0.6) is 11.5 Å². The van der Waals surface area contributed by atoms with Crippen molar-refractivity contribution in [3.8, 4) is 11.5 Å². The molecule has 8 heteroatoms. The molecule has 0 aliphatic heterocycles. The fourth-order valence-corrected chi connectivity index (χ4v) is 2.54. The smallest absolute Gasteiger partial charge is 0.270 e. The number of aryl methyl sites for hydroxylation is 1. The molecule has 0 aliphatic rings. The van der Waals surface area contributed by atoms with E-state index in [1.54, 1.807) is 32.2 Å². The molecule has 0 atom stereocenters. The summed E-state index contributed by atoms with van der Waals surface area (Å²) in [5.41, 5.74) is 0.917. The van der Waals surface area contributed by atoms with E-state index in [0.29, 0.717) is 46.1 Å². The summed E-state index contributed by atoms with van der Waals surface area (Å²) in [5.74, 6) is 1.75. The Bertz CT molecular complexity index is 783. The van der Waals surface area contributed by atoms with Crippen molar-refractivity contribution in [3.63, 3.8) is 0 Å². The van der Waals surface area contributed by atoms with Crippen LogP contribution in [0.3, 0.4) is 0 Å². The van der Waals surface area contributed by atoms with Gasteiger partial charge in [0, 0.05) is 24.7 Å². The molecule has 26 heavy (non-hydrogen) atoms. The minimum absolute atomic E-state index is 0.229. The summed E-state index contributed by atoms with van der Waals surface area (Å²) in [6, 6.07) is 4.95. The summed E-state index contributed by atoms with van der Waals surface area (Å²) in [7, 11) is 3.08. The Kier molecular flexibility index (Phi) is 7.03. The first-order chi connectivity index (χ1) is 12.5. The molecule has 0 fully saturated rings. The van der Waals surface area contributed by atoms with Crippen LogP contribution in [0, 0.1) is 6.92 Å². The summed E-state index contributed by atoms with van der Waals surface area (Å²) >= 11 is 6.12. The normalized spacial score (nSPS) is 10.3. The minimum atomic E-state index is -0.229. The lowest BCUT2D eigenvalue weighted by atomic mass is 10.2. The van der Waals surface area contributed by atoms with Crippen LogP contribution in [0.4, 0.5) is 11.5 Å². The number of unbranched alkanes of at least 4 members (excludes halogenated alkanes) is 1. The number of hydrogen-bond donors (Lipinski definition) is 2. The van der Waals surface area contributed by atoms with Gasteiger partial charge in [0.25, 0.3) is 5.91 Å². The van der Waals surface area contributed by atoms with Gasteiger partial charge in [-0.2, -0.15) is 0 Å². The van der Waals surface area contributed by atoms with E-state index in [9.17, 15) is 4.79 Å². The van der Waals surface area contributed by atoms with E-state index < -0.39 is 0 Å². The molecule has 0 saturated heterocycles. The summed E-state index contributed by atoms with van der Waals surface area (Å²) < 4.78 is 10.6. The van der Waals surface area contributed by atoms with E-state index in [2.05, 4.69) is 27.5 Å². The van der Waals surface area contributed by atoms with Crippen molar-refractivity contribution in [2.45, 2.75) is 26.7 Å². The largest absolute Gasteiger partial charge is 0.495 e. The number of amides is 1. The molecule has 1 amide bonds. The molecule has 0 radical (unpaired) electrons. The monoisotopic (exact) mass is 378 g/mol. The van der Waals surface area contributed by atoms with Crippen LogP contribution < -0.4 is 20.1 Å². The third kappa shape index (κ3) is 4.98. The maximum absolute atomic E-state index is 12.3. The van der Waals surface area contributed by atoms with Crippen LogP contribution in [0.1, 0.15) is 36.1 Å². The molecule has 1 aromatic carbocycles. The van der Waals surface area contributed by atoms with Crippen molar-refractivity contribution in [3.05, 3.63) is 34.7 Å². The third-order valence-electron chi connectivity index (χ3n) is 3.62. The van der Waals surface area contributed by atoms with Crippen LogP contribution >= 0.6 is 11.6 Å². The highest BCUT2D eigenvalue weighted by Gasteiger charge is 2.14. The number of benzene rings is 1. The third-order valence-corrected chi connectivity index (χ3v) is 3.92. The Morgan fingerprint density at radius 2 is 1.88 bits per heavy atom. The van der Waals surface area contributed by atoms with Crippen LogP contribution in [0.15, 0.2) is 18.2 Å². The molecule has 0 bridgehead atoms. The van der Waals surface area contributed by atoms with Gasteiger partial charge in [0.15, 0.2) is 0 Å². The topological polar surface area (TPSA) is 85.4 Å². The molecule has 0 aliphatic carbocycles. The van der Waals surface area contributed by atoms with Crippen molar-refractivity contribution in [1.29, 1.82) is 0 Å². The summed E-state index contributed by atoms with van der Waals surface area (Å²) in [6.45, 7) is 4.41. The van der Waals surface area contributed by atoms with Crippen molar-refractivity contribution >= 4 is 29.0 Å². The van der Waals surface area contributed by atoms with Crippen molar-refractivity contribution in [1.82, 2.24) is 15.3 Å². The number of nitrogens with zero attached hydrogens (tertiary/aromatic N) is 2. The van der Waals surface area contributed by atoms with Gasteiger partial charge in [-0.1, -0.05) is 24.9 Å². The van der Waals surface area contributed by atoms with Gasteiger partial charge in [0.2, 0.25) is 0 Å². The number of carbonyl (C=O) groups is 1. The molecule has 2 N–H and O–H groups in total. The Morgan fingerprint density at radius 1 is 1.15 bits per heavy atom. The Morgan fingerprint density at radius 3 is 2.54 bits per heavy atom. The fraction of sp³-hybridized carbons (Fsp3) is 0.389. The quantitative estimate of drug-likeness (QED) is 0.681. The van der Waals surface area contributed by atoms with Gasteiger partial charge in [-0.3, -0.25) is 4.79 Å². The van der Waals surface area contributed by atoms with E-state index in [1.807, 2.05) is 0 Å². The van der Waals surface area contributed by atoms with E-state index in [-0.39, 0.29) is 5.91 Å². The number of ether oxygens (including phenoxy) is 2. The second-order valence-electron chi connectivity index (χ2n) is 5.61. The summed E-state index contributed by atoms with van der Waals surface area (Å²) in [6.07, 6.45) is 1.93. The second-order valence-corrected chi connectivity index (χ2v) is 6.01. The zero-order chi connectivity index (χ0) is 19.1. The molecule has 0 spiro atoms. The molecule has 140 valence electrons. The number of methoxy groups -OCH3 is 2. The van der Waals surface area contributed by atoms with Gasteiger partial charge in [-0.05, 0) is 13.3 Å². The number of nitrogens with one attached hydrogen (secondary N) is 2. The van der Waals surface area contributed by atoms with Gasteiger partial charge in [0.05, 0.1) is 24.9 Å². The van der Waals surface area contributed by atoms with Crippen molar-refractivity contribution < 1.29 is 14.3 Å². The molecule has 1 aromatic heterocycles. The lowest BCUT2D eigenvalue weighted by Crippen LogP contribution is -2.25. The first kappa shape index (κ1) is 19.8. The first-order valence-corrected chi connectivity index (χ1v) is 8.68.